The summed E-state index contributed by atoms with van der Waals surface area (Å²) in [6.07, 6.45) is 2.69. The predicted octanol–water partition coefficient (Wildman–Crippen LogP) is 3.88. The van der Waals surface area contributed by atoms with Gasteiger partial charge in [-0.05, 0) is 71.3 Å². The summed E-state index contributed by atoms with van der Waals surface area (Å²) in [5, 5.41) is 3.65. The van der Waals surface area contributed by atoms with E-state index in [0.717, 1.165) is 5.92 Å². The van der Waals surface area contributed by atoms with E-state index in [9.17, 15) is 0 Å². The van der Waals surface area contributed by atoms with Crippen molar-refractivity contribution >= 4 is 11.8 Å². The lowest BCUT2D eigenvalue weighted by Crippen LogP contribution is -2.43. The van der Waals surface area contributed by atoms with Crippen LogP contribution in [0.15, 0.2) is 35.2 Å². The third-order valence-electron chi connectivity index (χ3n) is 4.05. The highest BCUT2D eigenvalue weighted by atomic mass is 32.2. The summed E-state index contributed by atoms with van der Waals surface area (Å²) in [5.41, 5.74) is 0.253. The summed E-state index contributed by atoms with van der Waals surface area (Å²) in [7, 11) is 0. The first-order chi connectivity index (χ1) is 10.0. The van der Waals surface area contributed by atoms with Gasteiger partial charge in [0.25, 0.3) is 0 Å². The van der Waals surface area contributed by atoms with Gasteiger partial charge in [0.2, 0.25) is 0 Å². The number of benzene rings is 1. The Morgan fingerprint density at radius 3 is 2.43 bits per heavy atom. The molecule has 2 nitrogen and oxygen atoms in total. The molecule has 0 unspecified atom stereocenters. The Morgan fingerprint density at radius 2 is 1.81 bits per heavy atom. The van der Waals surface area contributed by atoms with Crippen LogP contribution in [0.25, 0.3) is 0 Å². The number of nitrogens with zero attached hydrogens (tertiary/aromatic N) is 1. The Labute approximate surface area is 134 Å². The van der Waals surface area contributed by atoms with Crippen LogP contribution in [0.5, 0.6) is 0 Å². The molecular formula is C18H30N2S. The number of hydrogen-bond acceptors (Lipinski definition) is 3. The van der Waals surface area contributed by atoms with Crippen molar-refractivity contribution in [1.82, 2.24) is 10.2 Å². The Balaban J connectivity index is 1.59. The van der Waals surface area contributed by atoms with E-state index in [0.29, 0.717) is 0 Å². The SMILES string of the molecule is CC(C)(C)NCC1CCN(CCSc2ccccc2)CC1. The van der Waals surface area contributed by atoms with Gasteiger partial charge in [-0.25, -0.2) is 0 Å². The molecule has 0 saturated carbocycles. The topological polar surface area (TPSA) is 15.3 Å². The zero-order chi connectivity index (χ0) is 15.1. The van der Waals surface area contributed by atoms with E-state index in [-0.39, 0.29) is 5.54 Å². The fourth-order valence-corrected chi connectivity index (χ4v) is 3.61. The first-order valence-electron chi connectivity index (χ1n) is 8.18. The number of hydrogen-bond donors (Lipinski definition) is 1. The molecule has 0 atom stereocenters. The Bertz CT molecular complexity index is 391. The lowest BCUT2D eigenvalue weighted by Gasteiger charge is -2.33. The van der Waals surface area contributed by atoms with E-state index in [1.807, 2.05) is 11.8 Å². The molecule has 1 saturated heterocycles. The molecule has 0 amide bonds. The number of nitrogens with one attached hydrogen (secondary N) is 1. The van der Waals surface area contributed by atoms with Crippen LogP contribution in [0.1, 0.15) is 33.6 Å². The van der Waals surface area contributed by atoms with Crippen LogP contribution >= 0.6 is 11.8 Å². The van der Waals surface area contributed by atoms with Crippen molar-refractivity contribution < 1.29 is 0 Å². The van der Waals surface area contributed by atoms with Gasteiger partial charge in [0.1, 0.15) is 0 Å². The number of rotatable bonds is 6. The Kier molecular flexibility index (Phi) is 6.59. The maximum Gasteiger partial charge on any atom is 0.0108 e. The largest absolute Gasteiger partial charge is 0.312 e. The normalized spacial score (nSPS) is 18.0. The van der Waals surface area contributed by atoms with Crippen LogP contribution in [0.2, 0.25) is 0 Å². The van der Waals surface area contributed by atoms with Crippen LogP contribution in [0.4, 0.5) is 0 Å². The summed E-state index contributed by atoms with van der Waals surface area (Å²) in [6.45, 7) is 11.7. The molecule has 1 aromatic rings. The highest BCUT2D eigenvalue weighted by Crippen LogP contribution is 2.20. The standard InChI is InChI=1S/C18H30N2S/c1-18(2,3)19-15-16-9-11-20(12-10-16)13-14-21-17-7-5-4-6-8-17/h4-8,16,19H,9-15H2,1-3H3. The van der Waals surface area contributed by atoms with Gasteiger partial charge < -0.3 is 10.2 Å². The lowest BCUT2D eigenvalue weighted by atomic mass is 9.95. The fraction of sp³-hybridized carbons (Fsp3) is 0.667. The monoisotopic (exact) mass is 306 g/mol. The average Bonchev–Trinajstić information content (AvgIpc) is 2.47. The highest BCUT2D eigenvalue weighted by molar-refractivity contribution is 7.99. The second kappa shape index (κ2) is 8.21. The van der Waals surface area contributed by atoms with Gasteiger partial charge >= 0.3 is 0 Å². The smallest absolute Gasteiger partial charge is 0.0108 e. The predicted molar refractivity (Wildman–Crippen MR) is 94.1 cm³/mol. The minimum absolute atomic E-state index is 0.253. The number of likely N-dealkylation sites (tertiary alicyclic amines) is 1. The minimum atomic E-state index is 0.253. The quantitative estimate of drug-likeness (QED) is 0.803. The molecule has 2 rings (SSSR count). The molecule has 21 heavy (non-hydrogen) atoms. The molecule has 0 spiro atoms. The lowest BCUT2D eigenvalue weighted by molar-refractivity contribution is 0.185. The van der Waals surface area contributed by atoms with Crippen molar-refractivity contribution in [3.8, 4) is 0 Å². The molecule has 1 heterocycles. The molecule has 1 aliphatic rings. The second-order valence-electron chi connectivity index (χ2n) is 7.08. The first kappa shape index (κ1) is 16.9. The van der Waals surface area contributed by atoms with E-state index in [1.54, 1.807) is 0 Å². The van der Waals surface area contributed by atoms with Crippen LogP contribution in [-0.2, 0) is 0 Å². The van der Waals surface area contributed by atoms with Gasteiger partial charge in [-0.15, -0.1) is 11.8 Å². The molecule has 118 valence electrons. The van der Waals surface area contributed by atoms with E-state index < -0.39 is 0 Å². The zero-order valence-corrected chi connectivity index (χ0v) is 14.6. The van der Waals surface area contributed by atoms with Crippen LogP contribution in [-0.4, -0.2) is 42.4 Å². The number of thioether (sulfide) groups is 1. The van der Waals surface area contributed by atoms with Crippen LogP contribution < -0.4 is 5.32 Å². The van der Waals surface area contributed by atoms with E-state index >= 15 is 0 Å². The molecule has 1 fully saturated rings. The average molecular weight is 307 g/mol. The molecule has 1 N–H and O–H groups in total. The van der Waals surface area contributed by atoms with E-state index in [4.69, 9.17) is 0 Å². The summed E-state index contributed by atoms with van der Waals surface area (Å²) in [6, 6.07) is 10.7. The molecule has 3 heteroatoms. The van der Waals surface area contributed by atoms with Crippen molar-refractivity contribution in [2.24, 2.45) is 5.92 Å². The maximum atomic E-state index is 3.65. The Morgan fingerprint density at radius 1 is 1.14 bits per heavy atom. The third kappa shape index (κ3) is 6.86. The van der Waals surface area contributed by atoms with Gasteiger partial charge in [0, 0.05) is 22.7 Å². The van der Waals surface area contributed by atoms with Gasteiger partial charge in [0.15, 0.2) is 0 Å². The third-order valence-corrected chi connectivity index (χ3v) is 5.04. The first-order valence-corrected chi connectivity index (χ1v) is 9.17. The molecular weight excluding hydrogens is 276 g/mol. The van der Waals surface area contributed by atoms with Crippen molar-refractivity contribution in [3.05, 3.63) is 30.3 Å². The van der Waals surface area contributed by atoms with Crippen molar-refractivity contribution in [2.45, 2.75) is 44.0 Å². The highest BCUT2D eigenvalue weighted by Gasteiger charge is 2.20. The molecule has 0 bridgehead atoms. The maximum absolute atomic E-state index is 3.65. The zero-order valence-electron chi connectivity index (χ0n) is 13.8. The van der Waals surface area contributed by atoms with E-state index in [1.165, 1.54) is 49.7 Å². The fourth-order valence-electron chi connectivity index (χ4n) is 2.67. The van der Waals surface area contributed by atoms with Crippen LogP contribution in [0, 0.1) is 5.92 Å². The van der Waals surface area contributed by atoms with Crippen molar-refractivity contribution in [3.63, 3.8) is 0 Å². The molecule has 0 radical (unpaired) electrons. The van der Waals surface area contributed by atoms with E-state index in [2.05, 4.69) is 61.3 Å². The Hall–Kier alpha value is -0.510. The van der Waals surface area contributed by atoms with Crippen LogP contribution in [0.3, 0.4) is 0 Å². The van der Waals surface area contributed by atoms with Crippen molar-refractivity contribution in [1.29, 1.82) is 0 Å². The van der Waals surface area contributed by atoms with Gasteiger partial charge in [0.05, 0.1) is 0 Å². The van der Waals surface area contributed by atoms with Gasteiger partial charge in [-0.1, -0.05) is 18.2 Å². The summed E-state index contributed by atoms with van der Waals surface area (Å²) >= 11 is 1.97. The number of piperidine rings is 1. The van der Waals surface area contributed by atoms with Gasteiger partial charge in [-0.3, -0.25) is 0 Å². The summed E-state index contributed by atoms with van der Waals surface area (Å²) in [4.78, 5) is 4.02. The van der Waals surface area contributed by atoms with Crippen molar-refractivity contribution in [2.75, 3.05) is 31.9 Å². The summed E-state index contributed by atoms with van der Waals surface area (Å²) in [5.74, 6) is 2.07. The molecule has 0 aromatic heterocycles. The molecule has 0 aliphatic carbocycles. The minimum Gasteiger partial charge on any atom is -0.312 e. The molecule has 1 aliphatic heterocycles. The second-order valence-corrected chi connectivity index (χ2v) is 8.25. The van der Waals surface area contributed by atoms with Gasteiger partial charge in [-0.2, -0.15) is 0 Å². The summed E-state index contributed by atoms with van der Waals surface area (Å²) < 4.78 is 0. The molecule has 1 aromatic carbocycles.